The lowest BCUT2D eigenvalue weighted by molar-refractivity contribution is -0.137. The average Bonchev–Trinajstić information content (AvgIpc) is 2.60. The van der Waals surface area contributed by atoms with Gasteiger partial charge in [0.05, 0.1) is 11.5 Å². The molecule has 1 aliphatic rings. The normalized spacial score (nSPS) is 16.7. The van der Waals surface area contributed by atoms with E-state index in [1.807, 2.05) is 6.07 Å². The first kappa shape index (κ1) is 17.6. The van der Waals surface area contributed by atoms with E-state index in [-0.39, 0.29) is 34.3 Å². The number of nitrogens with two attached hydrogens (primary N) is 1. The van der Waals surface area contributed by atoms with Crippen LogP contribution in [0.1, 0.15) is 28.6 Å². The zero-order chi connectivity index (χ0) is 19.1. The van der Waals surface area contributed by atoms with Crippen LogP contribution in [0, 0.1) is 11.3 Å². The maximum atomic E-state index is 12.8. The molecule has 134 valence electrons. The molecule has 0 amide bonds. The number of nitrogens with zero attached hydrogens (tertiary/aromatic N) is 1. The topological polar surface area (TPSA) is 109 Å². The van der Waals surface area contributed by atoms with Crippen molar-refractivity contribution >= 4 is 0 Å². The molecule has 2 aromatic rings. The molecule has 3 rings (SSSR count). The SMILES string of the molecule is N#CC1=C(N)Oc2c(oc(CO)cc2=O)[C@H]1c1ccc(C(F)(F)F)cc1. The summed E-state index contributed by atoms with van der Waals surface area (Å²) in [6.07, 6.45) is -4.52. The Bertz CT molecular complexity index is 985. The minimum absolute atomic E-state index is 0.0768. The number of aliphatic hydroxyl groups is 1. The molecule has 0 spiro atoms. The number of nitriles is 1. The largest absolute Gasteiger partial charge is 0.458 e. The van der Waals surface area contributed by atoms with Crippen LogP contribution in [0.5, 0.6) is 5.75 Å². The van der Waals surface area contributed by atoms with Crippen LogP contribution in [0.4, 0.5) is 13.2 Å². The van der Waals surface area contributed by atoms with Gasteiger partial charge in [-0.3, -0.25) is 4.79 Å². The van der Waals surface area contributed by atoms with E-state index in [9.17, 15) is 28.3 Å². The second-order valence-electron chi connectivity index (χ2n) is 5.47. The third kappa shape index (κ3) is 2.91. The summed E-state index contributed by atoms with van der Waals surface area (Å²) in [4.78, 5) is 12.1. The van der Waals surface area contributed by atoms with Crippen LogP contribution < -0.4 is 15.9 Å². The molecule has 0 saturated heterocycles. The Kier molecular flexibility index (Phi) is 4.21. The fourth-order valence-corrected chi connectivity index (χ4v) is 2.66. The Morgan fingerprint density at radius 2 is 1.92 bits per heavy atom. The first-order chi connectivity index (χ1) is 12.3. The maximum absolute atomic E-state index is 12.8. The molecular weight excluding hydrogens is 353 g/mol. The lowest BCUT2D eigenvalue weighted by Gasteiger charge is -2.25. The van der Waals surface area contributed by atoms with Crippen molar-refractivity contribution in [2.45, 2.75) is 18.7 Å². The summed E-state index contributed by atoms with van der Waals surface area (Å²) in [5.74, 6) is -1.83. The molecule has 6 nitrogen and oxygen atoms in total. The molecule has 0 radical (unpaired) electrons. The van der Waals surface area contributed by atoms with Gasteiger partial charge in [-0.25, -0.2) is 0 Å². The molecule has 0 unspecified atom stereocenters. The van der Waals surface area contributed by atoms with Crippen LogP contribution >= 0.6 is 0 Å². The van der Waals surface area contributed by atoms with E-state index in [4.69, 9.17) is 14.9 Å². The summed E-state index contributed by atoms with van der Waals surface area (Å²) in [6.45, 7) is -0.580. The number of fused-ring (bicyclic) bond motifs is 1. The predicted octanol–water partition coefficient (Wildman–Crippen LogP) is 2.37. The van der Waals surface area contributed by atoms with Gasteiger partial charge >= 0.3 is 6.18 Å². The summed E-state index contributed by atoms with van der Waals surface area (Å²) in [7, 11) is 0. The van der Waals surface area contributed by atoms with Crippen molar-refractivity contribution in [2.24, 2.45) is 5.73 Å². The lowest BCUT2D eigenvalue weighted by Crippen LogP contribution is -2.25. The quantitative estimate of drug-likeness (QED) is 0.847. The molecule has 2 heterocycles. The van der Waals surface area contributed by atoms with Gasteiger partial charge in [-0.05, 0) is 17.7 Å². The third-order valence-electron chi connectivity index (χ3n) is 3.86. The van der Waals surface area contributed by atoms with E-state index in [0.29, 0.717) is 0 Å². The Hall–Kier alpha value is -3.25. The number of halogens is 3. The van der Waals surface area contributed by atoms with E-state index in [1.54, 1.807) is 0 Å². The van der Waals surface area contributed by atoms with E-state index >= 15 is 0 Å². The van der Waals surface area contributed by atoms with Gasteiger partial charge in [0.1, 0.15) is 24.0 Å². The van der Waals surface area contributed by atoms with Crippen LogP contribution in [-0.4, -0.2) is 5.11 Å². The highest BCUT2D eigenvalue weighted by molar-refractivity contribution is 5.52. The number of benzene rings is 1. The molecule has 1 atom stereocenters. The first-order valence-corrected chi connectivity index (χ1v) is 7.28. The third-order valence-corrected chi connectivity index (χ3v) is 3.86. The molecule has 0 saturated carbocycles. The average molecular weight is 364 g/mol. The van der Waals surface area contributed by atoms with Crippen molar-refractivity contribution in [1.29, 1.82) is 5.26 Å². The standard InChI is InChI=1S/C17H11F3N2O4/c18-17(19,20)9-3-1-8(2-4-9)13-11(6-21)16(22)26-14-12(24)5-10(7-23)25-15(13)14/h1-5,13,23H,7,22H2/t13-/m0/s1. The molecular formula is C17H11F3N2O4. The molecule has 1 aromatic heterocycles. The smallest absolute Gasteiger partial charge is 0.416 e. The van der Waals surface area contributed by atoms with E-state index in [0.717, 1.165) is 18.2 Å². The van der Waals surface area contributed by atoms with Gasteiger partial charge in [-0.2, -0.15) is 18.4 Å². The van der Waals surface area contributed by atoms with E-state index < -0.39 is 29.7 Å². The predicted molar refractivity (Wildman–Crippen MR) is 81.6 cm³/mol. The van der Waals surface area contributed by atoms with Gasteiger partial charge in [-0.1, -0.05) is 12.1 Å². The minimum atomic E-state index is -4.52. The molecule has 9 heteroatoms. The van der Waals surface area contributed by atoms with Gasteiger partial charge in [0.25, 0.3) is 0 Å². The molecule has 1 aromatic carbocycles. The van der Waals surface area contributed by atoms with Crippen molar-refractivity contribution in [1.82, 2.24) is 0 Å². The molecule has 0 fully saturated rings. The van der Waals surface area contributed by atoms with Crippen molar-refractivity contribution in [3.63, 3.8) is 0 Å². The highest BCUT2D eigenvalue weighted by Gasteiger charge is 2.36. The summed E-state index contributed by atoms with van der Waals surface area (Å²) in [5.41, 5.74) is 4.33. The second-order valence-corrected chi connectivity index (χ2v) is 5.47. The van der Waals surface area contributed by atoms with E-state index in [2.05, 4.69) is 0 Å². The molecule has 0 aliphatic carbocycles. The fourth-order valence-electron chi connectivity index (χ4n) is 2.66. The first-order valence-electron chi connectivity index (χ1n) is 7.28. The van der Waals surface area contributed by atoms with Gasteiger partial charge in [0.2, 0.25) is 17.1 Å². The Labute approximate surface area is 144 Å². The number of ether oxygens (including phenoxy) is 1. The number of hydrogen-bond acceptors (Lipinski definition) is 6. The molecule has 1 aliphatic heterocycles. The highest BCUT2D eigenvalue weighted by atomic mass is 19.4. The van der Waals surface area contributed by atoms with Gasteiger partial charge < -0.3 is 20.0 Å². The van der Waals surface area contributed by atoms with E-state index in [1.165, 1.54) is 12.1 Å². The lowest BCUT2D eigenvalue weighted by atomic mass is 9.87. The van der Waals surface area contributed by atoms with Crippen molar-refractivity contribution in [3.05, 3.63) is 74.7 Å². The monoisotopic (exact) mass is 364 g/mol. The van der Waals surface area contributed by atoms with Crippen LogP contribution in [-0.2, 0) is 12.8 Å². The summed E-state index contributed by atoms with van der Waals surface area (Å²) >= 11 is 0. The maximum Gasteiger partial charge on any atom is 0.416 e. The van der Waals surface area contributed by atoms with Crippen molar-refractivity contribution in [2.75, 3.05) is 0 Å². The Morgan fingerprint density at radius 3 is 2.46 bits per heavy atom. The number of alkyl halides is 3. The molecule has 3 N–H and O–H groups in total. The molecule has 26 heavy (non-hydrogen) atoms. The zero-order valence-electron chi connectivity index (χ0n) is 13.0. The summed E-state index contributed by atoms with van der Waals surface area (Å²) in [6, 6.07) is 6.87. The van der Waals surface area contributed by atoms with Crippen LogP contribution in [0.15, 0.2) is 51.0 Å². The van der Waals surface area contributed by atoms with Crippen LogP contribution in [0.2, 0.25) is 0 Å². The highest BCUT2D eigenvalue weighted by Crippen LogP contribution is 2.41. The Morgan fingerprint density at radius 1 is 1.27 bits per heavy atom. The van der Waals surface area contributed by atoms with Gasteiger partial charge in [0, 0.05) is 6.07 Å². The number of hydrogen-bond donors (Lipinski definition) is 2. The van der Waals surface area contributed by atoms with Gasteiger partial charge in [-0.15, -0.1) is 0 Å². The number of rotatable bonds is 2. The summed E-state index contributed by atoms with van der Waals surface area (Å²) < 4.78 is 48.9. The van der Waals surface area contributed by atoms with Gasteiger partial charge in [0.15, 0.2) is 5.76 Å². The van der Waals surface area contributed by atoms with Crippen molar-refractivity contribution in [3.8, 4) is 11.8 Å². The second kappa shape index (κ2) is 6.24. The molecule has 0 bridgehead atoms. The summed E-state index contributed by atoms with van der Waals surface area (Å²) in [5, 5.41) is 18.6. The zero-order valence-corrected chi connectivity index (χ0v) is 13.0. The fraction of sp³-hybridized carbons (Fsp3) is 0.176. The Balaban J connectivity index is 2.21. The van der Waals surface area contributed by atoms with Crippen LogP contribution in [0.3, 0.4) is 0 Å². The van der Waals surface area contributed by atoms with Crippen LogP contribution in [0.25, 0.3) is 0 Å². The number of aliphatic hydroxyl groups excluding tert-OH is 1. The number of allylic oxidation sites excluding steroid dienone is 1. The van der Waals surface area contributed by atoms with Crippen molar-refractivity contribution < 1.29 is 27.4 Å². The minimum Gasteiger partial charge on any atom is -0.458 e.